The van der Waals surface area contributed by atoms with Crippen molar-refractivity contribution in [1.29, 1.82) is 0 Å². The molecule has 0 bridgehead atoms. The zero-order valence-corrected chi connectivity index (χ0v) is 9.11. The van der Waals surface area contributed by atoms with Gasteiger partial charge in [0.25, 0.3) is 5.91 Å². The Bertz CT molecular complexity index is 351. The second-order valence-electron chi connectivity index (χ2n) is 3.25. The first-order valence-corrected chi connectivity index (χ1v) is 4.72. The van der Waals surface area contributed by atoms with E-state index in [9.17, 15) is 4.79 Å². The highest BCUT2D eigenvalue weighted by molar-refractivity contribution is 5.94. The van der Waals surface area contributed by atoms with Gasteiger partial charge >= 0.3 is 0 Å². The molecule has 1 amide bonds. The molecule has 0 N–H and O–H groups in total. The van der Waals surface area contributed by atoms with Crippen LogP contribution in [0.15, 0.2) is 36.7 Å². The summed E-state index contributed by atoms with van der Waals surface area (Å²) in [5.74, 6) is 0.0942. The lowest BCUT2D eigenvalue weighted by Crippen LogP contribution is -2.33. The molecule has 4 heteroatoms. The van der Waals surface area contributed by atoms with Crippen molar-refractivity contribution in [3.63, 3.8) is 0 Å². The van der Waals surface area contributed by atoms with Crippen LogP contribution in [0, 0.1) is 0 Å². The van der Waals surface area contributed by atoms with Crippen LogP contribution in [0.4, 0.5) is 0 Å². The molecule has 0 aromatic carbocycles. The van der Waals surface area contributed by atoms with Gasteiger partial charge in [-0.25, -0.2) is 0 Å². The molecule has 0 saturated heterocycles. The van der Waals surface area contributed by atoms with Gasteiger partial charge in [-0.2, -0.15) is 0 Å². The largest absolute Gasteiger partial charge is 0.335 e. The number of pyridine rings is 1. The minimum absolute atomic E-state index is 0. The van der Waals surface area contributed by atoms with E-state index in [2.05, 4.69) is 11.1 Å². The molecule has 0 radical (unpaired) electrons. The van der Waals surface area contributed by atoms with E-state index in [-0.39, 0.29) is 18.3 Å². The number of rotatable bonds is 1. The first-order valence-electron chi connectivity index (χ1n) is 4.72. The third-order valence-corrected chi connectivity index (χ3v) is 2.27. The molecule has 0 fully saturated rings. The van der Waals surface area contributed by atoms with E-state index in [1.165, 1.54) is 0 Å². The average molecular weight is 225 g/mol. The van der Waals surface area contributed by atoms with Crippen molar-refractivity contribution in [3.8, 4) is 0 Å². The van der Waals surface area contributed by atoms with E-state index < -0.39 is 0 Å². The van der Waals surface area contributed by atoms with Crippen LogP contribution in [0.2, 0.25) is 0 Å². The third-order valence-electron chi connectivity index (χ3n) is 2.27. The first-order chi connectivity index (χ1) is 6.88. The van der Waals surface area contributed by atoms with Gasteiger partial charge in [-0.3, -0.25) is 9.78 Å². The predicted octanol–water partition coefficient (Wildman–Crippen LogP) is 1.91. The fraction of sp³-hybridized carbons (Fsp3) is 0.273. The lowest BCUT2D eigenvalue weighted by atomic mass is 10.2. The zero-order chi connectivity index (χ0) is 9.80. The summed E-state index contributed by atoms with van der Waals surface area (Å²) in [4.78, 5) is 17.6. The Morgan fingerprint density at radius 3 is 2.60 bits per heavy atom. The normalized spacial score (nSPS) is 14.5. The second-order valence-corrected chi connectivity index (χ2v) is 3.25. The van der Waals surface area contributed by atoms with Gasteiger partial charge in [0.05, 0.1) is 0 Å². The molecule has 1 aliphatic rings. The number of halogens is 1. The summed E-state index contributed by atoms with van der Waals surface area (Å²) in [5, 5.41) is 0. The lowest BCUT2D eigenvalue weighted by molar-refractivity contribution is 0.0771. The fourth-order valence-electron chi connectivity index (χ4n) is 1.50. The molecule has 1 aromatic heterocycles. The summed E-state index contributed by atoms with van der Waals surface area (Å²) in [7, 11) is 0. The van der Waals surface area contributed by atoms with Crippen molar-refractivity contribution in [1.82, 2.24) is 9.88 Å². The van der Waals surface area contributed by atoms with Gasteiger partial charge in [0.2, 0.25) is 0 Å². The van der Waals surface area contributed by atoms with E-state index in [1.54, 1.807) is 24.5 Å². The zero-order valence-electron chi connectivity index (χ0n) is 8.30. The Morgan fingerprint density at radius 2 is 2.00 bits per heavy atom. The molecule has 0 saturated carbocycles. The highest BCUT2D eigenvalue weighted by atomic mass is 35.5. The molecular formula is C11H13ClN2O. The summed E-state index contributed by atoms with van der Waals surface area (Å²) in [5.41, 5.74) is 0.718. The quantitative estimate of drug-likeness (QED) is 0.683. The molecule has 0 spiro atoms. The third kappa shape index (κ3) is 2.80. The smallest absolute Gasteiger partial charge is 0.254 e. The highest BCUT2D eigenvalue weighted by Gasteiger charge is 2.14. The van der Waals surface area contributed by atoms with Gasteiger partial charge in [-0.1, -0.05) is 12.2 Å². The molecular weight excluding hydrogens is 212 g/mol. The molecule has 0 aliphatic carbocycles. The van der Waals surface area contributed by atoms with Gasteiger partial charge in [0.1, 0.15) is 0 Å². The van der Waals surface area contributed by atoms with Crippen LogP contribution in [0.3, 0.4) is 0 Å². The molecule has 80 valence electrons. The van der Waals surface area contributed by atoms with E-state index >= 15 is 0 Å². The van der Waals surface area contributed by atoms with Gasteiger partial charge in [-0.15, -0.1) is 12.4 Å². The maximum atomic E-state index is 11.9. The van der Waals surface area contributed by atoms with Gasteiger partial charge in [0, 0.05) is 31.0 Å². The van der Waals surface area contributed by atoms with Crippen LogP contribution in [0.1, 0.15) is 16.8 Å². The number of aromatic nitrogens is 1. The second kappa shape index (κ2) is 5.51. The fourth-order valence-corrected chi connectivity index (χ4v) is 1.50. The Labute approximate surface area is 95.2 Å². The SMILES string of the molecule is Cl.O=C(c1ccncc1)N1CC=CCC1. The van der Waals surface area contributed by atoms with E-state index in [0.717, 1.165) is 25.1 Å². The maximum Gasteiger partial charge on any atom is 0.254 e. The summed E-state index contributed by atoms with van der Waals surface area (Å²) in [6.07, 6.45) is 8.38. The summed E-state index contributed by atoms with van der Waals surface area (Å²) >= 11 is 0. The number of nitrogens with zero attached hydrogens (tertiary/aromatic N) is 2. The van der Waals surface area contributed by atoms with Crippen molar-refractivity contribution < 1.29 is 4.79 Å². The first kappa shape index (κ1) is 11.7. The van der Waals surface area contributed by atoms with Crippen molar-refractivity contribution in [3.05, 3.63) is 42.2 Å². The molecule has 0 unspecified atom stereocenters. The Balaban J connectivity index is 0.00000112. The van der Waals surface area contributed by atoms with Crippen LogP contribution in [-0.2, 0) is 0 Å². The number of carbonyl (C=O) groups excluding carboxylic acids is 1. The number of hydrogen-bond acceptors (Lipinski definition) is 2. The molecule has 15 heavy (non-hydrogen) atoms. The van der Waals surface area contributed by atoms with Crippen molar-refractivity contribution in [2.75, 3.05) is 13.1 Å². The van der Waals surface area contributed by atoms with Gasteiger partial charge in [-0.05, 0) is 18.6 Å². The molecule has 1 aromatic rings. The van der Waals surface area contributed by atoms with Crippen LogP contribution >= 0.6 is 12.4 Å². The van der Waals surface area contributed by atoms with E-state index in [1.807, 2.05) is 11.0 Å². The number of amides is 1. The molecule has 3 nitrogen and oxygen atoms in total. The topological polar surface area (TPSA) is 33.2 Å². The van der Waals surface area contributed by atoms with E-state index in [4.69, 9.17) is 0 Å². The molecule has 1 aliphatic heterocycles. The highest BCUT2D eigenvalue weighted by Crippen LogP contribution is 2.07. The van der Waals surface area contributed by atoms with Gasteiger partial charge < -0.3 is 4.90 Å². The Morgan fingerprint density at radius 1 is 1.27 bits per heavy atom. The number of hydrogen-bond donors (Lipinski definition) is 0. The summed E-state index contributed by atoms with van der Waals surface area (Å²) in [6, 6.07) is 3.50. The minimum atomic E-state index is 0. The van der Waals surface area contributed by atoms with Crippen LogP contribution < -0.4 is 0 Å². The maximum absolute atomic E-state index is 11.9. The van der Waals surface area contributed by atoms with E-state index in [0.29, 0.717) is 0 Å². The molecule has 0 atom stereocenters. The van der Waals surface area contributed by atoms with Crippen LogP contribution in [0.5, 0.6) is 0 Å². The Kier molecular flexibility index (Phi) is 4.31. The molecule has 2 heterocycles. The van der Waals surface area contributed by atoms with Gasteiger partial charge in [0.15, 0.2) is 0 Å². The minimum Gasteiger partial charge on any atom is -0.335 e. The average Bonchev–Trinajstić information content (AvgIpc) is 2.30. The van der Waals surface area contributed by atoms with Crippen molar-refractivity contribution >= 4 is 18.3 Å². The molecule has 2 rings (SSSR count). The van der Waals surface area contributed by atoms with Crippen LogP contribution in [-0.4, -0.2) is 28.9 Å². The lowest BCUT2D eigenvalue weighted by Gasteiger charge is -2.23. The predicted molar refractivity (Wildman–Crippen MR) is 61.1 cm³/mol. The monoisotopic (exact) mass is 224 g/mol. The van der Waals surface area contributed by atoms with Crippen LogP contribution in [0.25, 0.3) is 0 Å². The standard InChI is InChI=1S/C11H12N2O.ClH/c14-11(10-4-6-12-7-5-10)13-8-2-1-3-9-13;/h1-2,4-7H,3,8-9H2;1H. The van der Waals surface area contributed by atoms with Crippen molar-refractivity contribution in [2.24, 2.45) is 0 Å². The Hall–Kier alpha value is -1.35. The number of carbonyl (C=O) groups is 1. The van der Waals surface area contributed by atoms with Crippen molar-refractivity contribution in [2.45, 2.75) is 6.42 Å². The summed E-state index contributed by atoms with van der Waals surface area (Å²) < 4.78 is 0. The summed E-state index contributed by atoms with van der Waals surface area (Å²) in [6.45, 7) is 1.54.